The minimum absolute atomic E-state index is 0.237. The smallest absolute Gasteiger partial charge is 0.223 e. The fraction of sp³-hybridized carbons (Fsp3) is 0.0667. The Bertz CT molecular complexity index is 762. The number of phenolic OH excluding ortho intramolecular Hbond substituents is 1. The molecule has 0 aliphatic rings. The summed E-state index contributed by atoms with van der Waals surface area (Å²) in [5.41, 5.74) is 0. The molecule has 1 heterocycles. The number of ether oxygens (including phenoxy) is 1. The average Bonchev–Trinajstić information content (AvgIpc) is 2.47. The van der Waals surface area contributed by atoms with Gasteiger partial charge in [0.05, 0.1) is 0 Å². The van der Waals surface area contributed by atoms with Crippen molar-refractivity contribution in [2.45, 2.75) is 5.03 Å². The molecule has 4 nitrogen and oxygen atoms in total. The van der Waals surface area contributed by atoms with Gasteiger partial charge in [-0.15, -0.1) is 11.8 Å². The maximum Gasteiger partial charge on any atom is 0.223 e. The Labute approximate surface area is 120 Å². The van der Waals surface area contributed by atoms with Gasteiger partial charge in [-0.25, -0.2) is 9.97 Å². The molecule has 100 valence electrons. The van der Waals surface area contributed by atoms with E-state index in [4.69, 9.17) is 4.74 Å². The standard InChI is InChI=1S/C15H12N2O2S/c1-20-15-8-14(16-9-17-15)19-13-5-3-10-2-4-12(18)6-11(10)7-13/h2-9,18H,1H3. The van der Waals surface area contributed by atoms with E-state index < -0.39 is 0 Å². The van der Waals surface area contributed by atoms with Gasteiger partial charge in [0.15, 0.2) is 0 Å². The minimum Gasteiger partial charge on any atom is -0.508 e. The number of nitrogens with zero attached hydrogens (tertiary/aromatic N) is 2. The number of fused-ring (bicyclic) bond motifs is 1. The monoisotopic (exact) mass is 284 g/mol. The topological polar surface area (TPSA) is 55.2 Å². The Hall–Kier alpha value is -2.27. The van der Waals surface area contributed by atoms with E-state index in [9.17, 15) is 5.11 Å². The molecule has 0 fully saturated rings. The van der Waals surface area contributed by atoms with E-state index in [1.165, 1.54) is 18.1 Å². The minimum atomic E-state index is 0.237. The van der Waals surface area contributed by atoms with Gasteiger partial charge in [0.25, 0.3) is 0 Å². The molecule has 0 spiro atoms. The molecule has 0 atom stereocenters. The molecule has 20 heavy (non-hydrogen) atoms. The van der Waals surface area contributed by atoms with Crippen molar-refractivity contribution < 1.29 is 9.84 Å². The number of hydrogen-bond acceptors (Lipinski definition) is 5. The van der Waals surface area contributed by atoms with Crippen molar-refractivity contribution in [2.24, 2.45) is 0 Å². The summed E-state index contributed by atoms with van der Waals surface area (Å²) in [4.78, 5) is 8.18. The van der Waals surface area contributed by atoms with E-state index in [1.54, 1.807) is 18.2 Å². The Morgan fingerprint density at radius 3 is 2.70 bits per heavy atom. The van der Waals surface area contributed by atoms with E-state index in [0.717, 1.165) is 15.8 Å². The molecule has 0 saturated carbocycles. The van der Waals surface area contributed by atoms with Crippen LogP contribution in [0.4, 0.5) is 0 Å². The molecule has 0 saturated heterocycles. The maximum absolute atomic E-state index is 9.51. The quantitative estimate of drug-likeness (QED) is 0.585. The number of aromatic nitrogens is 2. The average molecular weight is 284 g/mol. The zero-order valence-electron chi connectivity index (χ0n) is 10.8. The zero-order valence-corrected chi connectivity index (χ0v) is 11.6. The van der Waals surface area contributed by atoms with Crippen LogP contribution in [-0.2, 0) is 0 Å². The molecule has 0 aliphatic carbocycles. The van der Waals surface area contributed by atoms with Gasteiger partial charge in [0.2, 0.25) is 5.88 Å². The number of benzene rings is 2. The summed E-state index contributed by atoms with van der Waals surface area (Å²) in [6.45, 7) is 0. The predicted molar refractivity (Wildman–Crippen MR) is 79.5 cm³/mol. The van der Waals surface area contributed by atoms with Gasteiger partial charge < -0.3 is 9.84 Å². The molecule has 0 unspecified atom stereocenters. The summed E-state index contributed by atoms with van der Waals surface area (Å²) >= 11 is 1.53. The lowest BCUT2D eigenvalue weighted by atomic mass is 10.1. The fourth-order valence-corrected chi connectivity index (χ4v) is 2.26. The lowest BCUT2D eigenvalue weighted by Gasteiger charge is -2.06. The number of rotatable bonds is 3. The number of hydrogen-bond donors (Lipinski definition) is 1. The van der Waals surface area contributed by atoms with Gasteiger partial charge in [0.1, 0.15) is 22.9 Å². The molecule has 3 aromatic rings. The molecule has 1 N–H and O–H groups in total. The Balaban J connectivity index is 1.93. The van der Waals surface area contributed by atoms with E-state index in [2.05, 4.69) is 9.97 Å². The van der Waals surface area contributed by atoms with Crippen LogP contribution >= 0.6 is 11.8 Å². The van der Waals surface area contributed by atoms with Crippen LogP contribution in [0.2, 0.25) is 0 Å². The molecular formula is C15H12N2O2S. The molecule has 2 aromatic carbocycles. The van der Waals surface area contributed by atoms with Crippen molar-refractivity contribution in [3.63, 3.8) is 0 Å². The zero-order chi connectivity index (χ0) is 13.9. The van der Waals surface area contributed by atoms with Crippen LogP contribution in [0.5, 0.6) is 17.4 Å². The Morgan fingerprint density at radius 1 is 1.00 bits per heavy atom. The van der Waals surface area contributed by atoms with Gasteiger partial charge >= 0.3 is 0 Å². The number of aromatic hydroxyl groups is 1. The van der Waals surface area contributed by atoms with E-state index >= 15 is 0 Å². The highest BCUT2D eigenvalue weighted by molar-refractivity contribution is 7.98. The molecule has 5 heteroatoms. The molecule has 0 bridgehead atoms. The van der Waals surface area contributed by atoms with Crippen LogP contribution in [-0.4, -0.2) is 21.3 Å². The van der Waals surface area contributed by atoms with E-state index in [-0.39, 0.29) is 5.75 Å². The summed E-state index contributed by atoms with van der Waals surface area (Å²) in [7, 11) is 0. The van der Waals surface area contributed by atoms with Crippen molar-refractivity contribution >= 4 is 22.5 Å². The first kappa shape index (κ1) is 12.7. The summed E-state index contributed by atoms with van der Waals surface area (Å²) in [6.07, 6.45) is 3.43. The normalized spacial score (nSPS) is 10.7. The summed E-state index contributed by atoms with van der Waals surface area (Å²) in [6, 6.07) is 12.7. The van der Waals surface area contributed by atoms with Crippen LogP contribution in [0.1, 0.15) is 0 Å². The first-order valence-corrected chi connectivity index (χ1v) is 7.24. The summed E-state index contributed by atoms with van der Waals surface area (Å²) in [5.74, 6) is 1.42. The fourth-order valence-electron chi connectivity index (χ4n) is 1.89. The maximum atomic E-state index is 9.51. The second-order valence-electron chi connectivity index (χ2n) is 4.19. The third kappa shape index (κ3) is 2.67. The summed E-state index contributed by atoms with van der Waals surface area (Å²) < 4.78 is 5.72. The molecule has 0 aliphatic heterocycles. The van der Waals surface area contributed by atoms with Crippen molar-refractivity contribution in [3.05, 3.63) is 48.8 Å². The molecule has 3 rings (SSSR count). The number of phenols is 1. The van der Waals surface area contributed by atoms with Crippen LogP contribution in [0.3, 0.4) is 0 Å². The SMILES string of the molecule is CSc1cc(Oc2ccc3ccc(O)cc3c2)ncn1. The third-order valence-electron chi connectivity index (χ3n) is 2.84. The van der Waals surface area contributed by atoms with Crippen LogP contribution in [0, 0.1) is 0 Å². The second-order valence-corrected chi connectivity index (χ2v) is 5.02. The van der Waals surface area contributed by atoms with Crippen LogP contribution in [0.15, 0.2) is 53.8 Å². The van der Waals surface area contributed by atoms with Gasteiger partial charge in [-0.2, -0.15) is 0 Å². The second kappa shape index (κ2) is 5.38. The highest BCUT2D eigenvalue weighted by atomic mass is 32.2. The van der Waals surface area contributed by atoms with E-state index in [0.29, 0.717) is 11.6 Å². The van der Waals surface area contributed by atoms with Gasteiger partial charge in [0, 0.05) is 6.07 Å². The van der Waals surface area contributed by atoms with Gasteiger partial charge in [-0.05, 0) is 41.3 Å². The molecular weight excluding hydrogens is 272 g/mol. The van der Waals surface area contributed by atoms with Crippen molar-refractivity contribution in [3.8, 4) is 17.4 Å². The van der Waals surface area contributed by atoms with Gasteiger partial charge in [-0.3, -0.25) is 0 Å². The molecule has 1 aromatic heterocycles. The first-order valence-electron chi connectivity index (χ1n) is 6.01. The largest absolute Gasteiger partial charge is 0.508 e. The number of thioether (sulfide) groups is 1. The first-order chi connectivity index (χ1) is 9.74. The van der Waals surface area contributed by atoms with Crippen molar-refractivity contribution in [1.29, 1.82) is 0 Å². The van der Waals surface area contributed by atoms with Crippen molar-refractivity contribution in [1.82, 2.24) is 9.97 Å². The molecule has 0 radical (unpaired) electrons. The van der Waals surface area contributed by atoms with E-state index in [1.807, 2.05) is 30.5 Å². The summed E-state index contributed by atoms with van der Waals surface area (Å²) in [5, 5.41) is 12.3. The van der Waals surface area contributed by atoms with Gasteiger partial charge in [-0.1, -0.05) is 12.1 Å². The highest BCUT2D eigenvalue weighted by Gasteiger charge is 2.03. The lowest BCUT2D eigenvalue weighted by Crippen LogP contribution is -1.90. The predicted octanol–water partition coefficient (Wildman–Crippen LogP) is 3.85. The van der Waals surface area contributed by atoms with Crippen molar-refractivity contribution in [2.75, 3.05) is 6.26 Å². The Morgan fingerprint density at radius 2 is 1.85 bits per heavy atom. The third-order valence-corrected chi connectivity index (χ3v) is 3.49. The Kier molecular flexibility index (Phi) is 3.43. The van der Waals surface area contributed by atoms with Crippen LogP contribution < -0.4 is 4.74 Å². The lowest BCUT2D eigenvalue weighted by molar-refractivity contribution is 0.459. The highest BCUT2D eigenvalue weighted by Crippen LogP contribution is 2.27. The van der Waals surface area contributed by atoms with Crippen LogP contribution in [0.25, 0.3) is 10.8 Å². The molecule has 0 amide bonds.